The fourth-order valence-corrected chi connectivity index (χ4v) is 1.90. The molecule has 2 aromatic rings. The van der Waals surface area contributed by atoms with Crippen LogP contribution in [-0.2, 0) is 0 Å². The smallest absolute Gasteiger partial charge is 0.127 e. The topological polar surface area (TPSA) is 0 Å². The lowest BCUT2D eigenvalue weighted by Gasteiger charge is -2.13. The fraction of sp³-hybridized carbons (Fsp3) is 0.200. The summed E-state index contributed by atoms with van der Waals surface area (Å²) in [6.45, 7) is 3.86. The molecule has 0 nitrogen and oxygen atoms in total. The van der Waals surface area contributed by atoms with Crippen LogP contribution in [0.5, 0.6) is 0 Å². The minimum absolute atomic E-state index is 0.0625. The Balaban J connectivity index is 2.59. The van der Waals surface area contributed by atoms with Crippen LogP contribution in [0.15, 0.2) is 36.4 Å². The first kappa shape index (κ1) is 11.8. The van der Waals surface area contributed by atoms with Crippen LogP contribution in [0.3, 0.4) is 0 Å². The van der Waals surface area contributed by atoms with Crippen molar-refractivity contribution in [2.24, 2.45) is 0 Å². The van der Waals surface area contributed by atoms with Crippen molar-refractivity contribution in [3.8, 4) is 11.1 Å². The Morgan fingerprint density at radius 3 is 2.24 bits per heavy atom. The van der Waals surface area contributed by atoms with E-state index in [1.165, 1.54) is 18.2 Å². The summed E-state index contributed by atoms with van der Waals surface area (Å²) in [7, 11) is 0. The third-order valence-electron chi connectivity index (χ3n) is 2.69. The van der Waals surface area contributed by atoms with Crippen LogP contribution >= 0.6 is 0 Å². The molecule has 0 aromatic heterocycles. The molecule has 2 aromatic carbocycles. The molecule has 0 fully saturated rings. The second kappa shape index (κ2) is 4.66. The van der Waals surface area contributed by atoms with Gasteiger partial charge in [-0.2, -0.15) is 0 Å². The highest BCUT2D eigenvalue weighted by atomic mass is 19.1. The molecular formula is C15H13F2. The Hall–Kier alpha value is -1.70. The first-order valence-corrected chi connectivity index (χ1v) is 5.55. The summed E-state index contributed by atoms with van der Waals surface area (Å²) in [6.07, 6.45) is 0. The molecule has 2 heteroatoms. The van der Waals surface area contributed by atoms with Crippen LogP contribution in [0.2, 0.25) is 0 Å². The maximum absolute atomic E-state index is 13.8. The summed E-state index contributed by atoms with van der Waals surface area (Å²) < 4.78 is 26.6. The molecular weight excluding hydrogens is 218 g/mol. The summed E-state index contributed by atoms with van der Waals surface area (Å²) in [5.41, 5.74) is 2.12. The summed E-state index contributed by atoms with van der Waals surface area (Å²) in [5.74, 6) is -0.471. The van der Waals surface area contributed by atoms with Gasteiger partial charge >= 0.3 is 0 Å². The molecule has 0 unspecified atom stereocenters. The molecule has 0 saturated carbocycles. The van der Waals surface area contributed by atoms with Crippen molar-refractivity contribution in [2.45, 2.75) is 19.8 Å². The highest BCUT2D eigenvalue weighted by Gasteiger charge is 2.13. The van der Waals surface area contributed by atoms with Crippen molar-refractivity contribution in [3.63, 3.8) is 0 Å². The molecule has 0 saturated heterocycles. The Bertz CT molecular complexity index is 513. The van der Waals surface area contributed by atoms with Gasteiger partial charge in [0.15, 0.2) is 0 Å². The van der Waals surface area contributed by atoms with E-state index in [9.17, 15) is 8.78 Å². The number of rotatable bonds is 2. The zero-order valence-electron chi connectivity index (χ0n) is 9.80. The number of hydrogen-bond donors (Lipinski definition) is 0. The van der Waals surface area contributed by atoms with Gasteiger partial charge in [-0.3, -0.25) is 0 Å². The van der Waals surface area contributed by atoms with E-state index in [1.54, 1.807) is 18.2 Å². The lowest BCUT2D eigenvalue weighted by molar-refractivity contribution is 0.599. The Labute approximate surface area is 99.9 Å². The Kier molecular flexibility index (Phi) is 3.23. The van der Waals surface area contributed by atoms with E-state index in [0.717, 1.165) is 5.56 Å². The third-order valence-corrected chi connectivity index (χ3v) is 2.69. The second-order valence-electron chi connectivity index (χ2n) is 4.28. The van der Waals surface area contributed by atoms with Crippen molar-refractivity contribution in [3.05, 3.63) is 59.7 Å². The normalized spacial score (nSPS) is 10.9. The van der Waals surface area contributed by atoms with Gasteiger partial charge in [-0.05, 0) is 46.9 Å². The first-order chi connectivity index (χ1) is 8.09. The number of benzene rings is 2. The van der Waals surface area contributed by atoms with Crippen molar-refractivity contribution < 1.29 is 8.78 Å². The molecule has 0 bridgehead atoms. The Morgan fingerprint density at radius 1 is 1.00 bits per heavy atom. The summed E-state index contributed by atoms with van der Waals surface area (Å²) in [5, 5.41) is 0. The molecule has 2 rings (SSSR count). The maximum atomic E-state index is 13.8. The lowest BCUT2D eigenvalue weighted by Crippen LogP contribution is -1.97. The largest absolute Gasteiger partial charge is 0.207 e. The molecule has 0 aliphatic carbocycles. The second-order valence-corrected chi connectivity index (χ2v) is 4.28. The van der Waals surface area contributed by atoms with Crippen LogP contribution in [0.4, 0.5) is 8.78 Å². The van der Waals surface area contributed by atoms with Crippen LogP contribution < -0.4 is 0 Å². The molecule has 0 heterocycles. The van der Waals surface area contributed by atoms with Gasteiger partial charge in [-0.15, -0.1) is 0 Å². The van der Waals surface area contributed by atoms with Gasteiger partial charge in [0.2, 0.25) is 0 Å². The van der Waals surface area contributed by atoms with E-state index in [0.29, 0.717) is 11.1 Å². The molecule has 87 valence electrons. The van der Waals surface area contributed by atoms with E-state index in [2.05, 4.69) is 6.07 Å². The van der Waals surface area contributed by atoms with Crippen LogP contribution in [-0.4, -0.2) is 0 Å². The summed E-state index contributed by atoms with van der Waals surface area (Å²) in [6, 6.07) is 12.0. The molecule has 0 aliphatic rings. The quantitative estimate of drug-likeness (QED) is 0.711. The molecule has 0 N–H and O–H groups in total. The molecule has 1 radical (unpaired) electrons. The van der Waals surface area contributed by atoms with E-state index in [1.807, 2.05) is 13.8 Å². The van der Waals surface area contributed by atoms with Crippen molar-refractivity contribution >= 4 is 0 Å². The molecule has 0 amide bonds. The Morgan fingerprint density at radius 2 is 1.65 bits per heavy atom. The minimum atomic E-state index is -0.295. The van der Waals surface area contributed by atoms with Gasteiger partial charge in [0, 0.05) is 0 Å². The molecule has 17 heavy (non-hydrogen) atoms. The van der Waals surface area contributed by atoms with Gasteiger partial charge in [0.25, 0.3) is 0 Å². The van der Waals surface area contributed by atoms with Crippen LogP contribution in [0.25, 0.3) is 11.1 Å². The van der Waals surface area contributed by atoms with Crippen molar-refractivity contribution in [1.82, 2.24) is 0 Å². The van der Waals surface area contributed by atoms with E-state index in [-0.39, 0.29) is 17.6 Å². The highest BCUT2D eigenvalue weighted by Crippen LogP contribution is 2.30. The van der Waals surface area contributed by atoms with Gasteiger partial charge in [0.1, 0.15) is 11.6 Å². The molecule has 0 spiro atoms. The van der Waals surface area contributed by atoms with E-state index in [4.69, 9.17) is 0 Å². The predicted octanol–water partition coefficient (Wildman–Crippen LogP) is 4.56. The van der Waals surface area contributed by atoms with Crippen LogP contribution in [0, 0.1) is 17.7 Å². The SMILES string of the molecule is CC(C)c1c(-c2ccc(F)cc2)[c]ccc1F. The van der Waals surface area contributed by atoms with Gasteiger partial charge < -0.3 is 0 Å². The zero-order valence-corrected chi connectivity index (χ0v) is 9.80. The standard InChI is InChI=1S/C15H13F2/c1-10(2)15-13(4-3-5-14(15)17)11-6-8-12(16)9-7-11/h3,5-10H,1-2H3. The van der Waals surface area contributed by atoms with Gasteiger partial charge in [-0.1, -0.05) is 32.0 Å². The first-order valence-electron chi connectivity index (χ1n) is 5.55. The van der Waals surface area contributed by atoms with Crippen molar-refractivity contribution in [2.75, 3.05) is 0 Å². The number of hydrogen-bond acceptors (Lipinski definition) is 0. The predicted molar refractivity (Wildman–Crippen MR) is 64.7 cm³/mol. The minimum Gasteiger partial charge on any atom is -0.207 e. The van der Waals surface area contributed by atoms with E-state index >= 15 is 0 Å². The van der Waals surface area contributed by atoms with Gasteiger partial charge in [-0.25, -0.2) is 8.78 Å². The highest BCUT2D eigenvalue weighted by molar-refractivity contribution is 5.67. The fourth-order valence-electron chi connectivity index (χ4n) is 1.90. The van der Waals surface area contributed by atoms with Crippen LogP contribution in [0.1, 0.15) is 25.3 Å². The average Bonchev–Trinajstić information content (AvgIpc) is 2.29. The number of halogens is 2. The zero-order chi connectivity index (χ0) is 12.4. The van der Waals surface area contributed by atoms with Crippen molar-refractivity contribution in [1.29, 1.82) is 0 Å². The van der Waals surface area contributed by atoms with Gasteiger partial charge in [0.05, 0.1) is 0 Å². The summed E-state index contributed by atoms with van der Waals surface area (Å²) in [4.78, 5) is 0. The van der Waals surface area contributed by atoms with E-state index < -0.39 is 0 Å². The molecule has 0 aliphatic heterocycles. The average molecular weight is 231 g/mol. The monoisotopic (exact) mass is 231 g/mol. The molecule has 0 atom stereocenters. The lowest BCUT2D eigenvalue weighted by atomic mass is 9.92. The maximum Gasteiger partial charge on any atom is 0.127 e. The summed E-state index contributed by atoms with van der Waals surface area (Å²) >= 11 is 0. The third kappa shape index (κ3) is 2.36.